The van der Waals surface area contributed by atoms with Gasteiger partial charge in [0, 0.05) is 24.8 Å². The summed E-state index contributed by atoms with van der Waals surface area (Å²) < 4.78 is 27.5. The summed E-state index contributed by atoms with van der Waals surface area (Å²) in [6.45, 7) is 4.68. The van der Waals surface area contributed by atoms with Crippen LogP contribution >= 0.6 is 0 Å². The Balaban J connectivity index is 1.83. The van der Waals surface area contributed by atoms with Crippen molar-refractivity contribution in [3.63, 3.8) is 0 Å². The first-order valence-corrected chi connectivity index (χ1v) is 10.7. The van der Waals surface area contributed by atoms with E-state index >= 15 is 0 Å². The number of nitrogens with one attached hydrogen (secondary N) is 1. The zero-order valence-electron chi connectivity index (χ0n) is 15.7. The molecule has 3 rings (SSSR count). The highest BCUT2D eigenvalue weighted by Gasteiger charge is 2.28. The Bertz CT molecular complexity index is 907. The molecule has 1 N–H and O–H groups in total. The minimum Gasteiger partial charge on any atom is -0.344 e. The molecule has 1 aliphatic rings. The summed E-state index contributed by atoms with van der Waals surface area (Å²) in [6.07, 6.45) is 4.48. The van der Waals surface area contributed by atoms with Gasteiger partial charge in [0.1, 0.15) is 0 Å². The molecule has 1 aliphatic heterocycles. The molecule has 1 saturated heterocycles. The van der Waals surface area contributed by atoms with Gasteiger partial charge < -0.3 is 5.32 Å². The van der Waals surface area contributed by atoms with E-state index in [-0.39, 0.29) is 16.8 Å². The number of sulfonamides is 1. The first-order chi connectivity index (χ1) is 12.9. The Morgan fingerprint density at radius 3 is 2.56 bits per heavy atom. The van der Waals surface area contributed by atoms with E-state index in [0.717, 1.165) is 25.0 Å². The van der Waals surface area contributed by atoms with Gasteiger partial charge >= 0.3 is 0 Å². The predicted octanol–water partition coefficient (Wildman–Crippen LogP) is 3.06. The number of hydrogen-bond acceptors (Lipinski definition) is 4. The van der Waals surface area contributed by atoms with Crippen molar-refractivity contribution in [1.82, 2.24) is 14.6 Å². The van der Waals surface area contributed by atoms with Crippen LogP contribution in [-0.2, 0) is 10.0 Å². The Morgan fingerprint density at radius 2 is 1.89 bits per heavy atom. The van der Waals surface area contributed by atoms with Gasteiger partial charge in [-0.1, -0.05) is 18.6 Å². The lowest BCUT2D eigenvalue weighted by atomic mass is 10.1. The molecule has 1 aromatic carbocycles. The Labute approximate surface area is 160 Å². The normalized spacial score (nSPS) is 16.7. The van der Waals surface area contributed by atoms with Gasteiger partial charge in [-0.15, -0.1) is 0 Å². The molecule has 6 nitrogen and oxygen atoms in total. The van der Waals surface area contributed by atoms with Crippen LogP contribution in [0.5, 0.6) is 0 Å². The molecule has 1 fully saturated rings. The van der Waals surface area contributed by atoms with Crippen LogP contribution in [0.15, 0.2) is 47.5 Å². The minimum atomic E-state index is -3.59. The molecule has 0 bridgehead atoms. The highest BCUT2D eigenvalue weighted by Crippen LogP contribution is 2.24. The van der Waals surface area contributed by atoms with Crippen molar-refractivity contribution in [1.29, 1.82) is 0 Å². The quantitative estimate of drug-likeness (QED) is 0.855. The molecule has 7 heteroatoms. The number of amides is 1. The molecular formula is C20H25N3O3S. The number of rotatable bonds is 5. The number of aromatic nitrogens is 1. The smallest absolute Gasteiger partial charge is 0.251 e. The molecular weight excluding hydrogens is 362 g/mol. The average Bonchev–Trinajstić information content (AvgIpc) is 2.69. The van der Waals surface area contributed by atoms with Crippen LogP contribution in [0.3, 0.4) is 0 Å². The van der Waals surface area contributed by atoms with Gasteiger partial charge in [-0.05, 0) is 56.5 Å². The van der Waals surface area contributed by atoms with Gasteiger partial charge in [0.2, 0.25) is 10.0 Å². The highest BCUT2D eigenvalue weighted by atomic mass is 32.2. The van der Waals surface area contributed by atoms with Crippen LogP contribution in [0.25, 0.3) is 0 Å². The third kappa shape index (κ3) is 4.36. The van der Waals surface area contributed by atoms with E-state index in [2.05, 4.69) is 10.3 Å². The summed E-state index contributed by atoms with van der Waals surface area (Å²) >= 11 is 0. The fourth-order valence-electron chi connectivity index (χ4n) is 3.25. The maximum absolute atomic E-state index is 13.0. The van der Waals surface area contributed by atoms with Gasteiger partial charge in [0.25, 0.3) is 5.91 Å². The van der Waals surface area contributed by atoms with Gasteiger partial charge in [0.15, 0.2) is 0 Å². The molecule has 1 atom stereocenters. The van der Waals surface area contributed by atoms with Gasteiger partial charge in [-0.3, -0.25) is 9.78 Å². The number of benzene rings is 1. The molecule has 27 heavy (non-hydrogen) atoms. The topological polar surface area (TPSA) is 79.4 Å². The van der Waals surface area contributed by atoms with E-state index in [4.69, 9.17) is 0 Å². The standard InChI is InChI=1S/C20H25N3O3S/c1-15-9-10-17(20(24)22-16(2)18-8-4-5-11-21-18)14-19(15)27(25,26)23-12-6-3-7-13-23/h4-5,8-11,14,16H,3,6-7,12-13H2,1-2H3,(H,22,24). The lowest BCUT2D eigenvalue weighted by Crippen LogP contribution is -2.36. The largest absolute Gasteiger partial charge is 0.344 e. The van der Waals surface area contributed by atoms with Crippen molar-refractivity contribution in [3.8, 4) is 0 Å². The molecule has 0 radical (unpaired) electrons. The van der Waals surface area contributed by atoms with Crippen molar-refractivity contribution in [2.24, 2.45) is 0 Å². The number of nitrogens with zero attached hydrogens (tertiary/aromatic N) is 2. The second kappa shape index (κ2) is 8.19. The lowest BCUT2D eigenvalue weighted by molar-refractivity contribution is 0.0939. The van der Waals surface area contributed by atoms with Crippen molar-refractivity contribution >= 4 is 15.9 Å². The third-order valence-electron chi connectivity index (χ3n) is 4.86. The lowest BCUT2D eigenvalue weighted by Gasteiger charge is -2.26. The Hall–Kier alpha value is -2.25. The van der Waals surface area contributed by atoms with Crippen LogP contribution in [-0.4, -0.2) is 36.7 Å². The summed E-state index contributed by atoms with van der Waals surface area (Å²) in [5.41, 5.74) is 1.73. The predicted molar refractivity (Wildman–Crippen MR) is 104 cm³/mol. The van der Waals surface area contributed by atoms with Crippen molar-refractivity contribution in [3.05, 3.63) is 59.4 Å². The molecule has 0 saturated carbocycles. The number of piperidine rings is 1. The van der Waals surface area contributed by atoms with E-state index < -0.39 is 10.0 Å². The molecule has 1 unspecified atom stereocenters. The maximum Gasteiger partial charge on any atom is 0.251 e. The summed E-state index contributed by atoms with van der Waals surface area (Å²) in [7, 11) is -3.59. The Morgan fingerprint density at radius 1 is 1.15 bits per heavy atom. The van der Waals surface area contributed by atoms with Crippen LogP contribution in [0.2, 0.25) is 0 Å². The van der Waals surface area contributed by atoms with Gasteiger partial charge in [-0.2, -0.15) is 4.31 Å². The third-order valence-corrected chi connectivity index (χ3v) is 6.90. The van der Waals surface area contributed by atoms with E-state index in [1.54, 1.807) is 25.3 Å². The van der Waals surface area contributed by atoms with Crippen LogP contribution in [0.1, 0.15) is 53.8 Å². The summed E-state index contributed by atoms with van der Waals surface area (Å²) in [4.78, 5) is 17.1. The van der Waals surface area contributed by atoms with Crippen molar-refractivity contribution < 1.29 is 13.2 Å². The van der Waals surface area contributed by atoms with E-state index in [1.165, 1.54) is 10.4 Å². The van der Waals surface area contributed by atoms with E-state index in [1.807, 2.05) is 25.1 Å². The number of carbonyl (C=O) groups is 1. The zero-order valence-corrected chi connectivity index (χ0v) is 16.5. The van der Waals surface area contributed by atoms with Crippen molar-refractivity contribution in [2.45, 2.75) is 44.0 Å². The zero-order chi connectivity index (χ0) is 19.4. The fraction of sp³-hybridized carbons (Fsp3) is 0.400. The van der Waals surface area contributed by atoms with Crippen LogP contribution in [0.4, 0.5) is 0 Å². The monoisotopic (exact) mass is 387 g/mol. The highest BCUT2D eigenvalue weighted by molar-refractivity contribution is 7.89. The van der Waals surface area contributed by atoms with Gasteiger partial charge in [-0.25, -0.2) is 8.42 Å². The second-order valence-electron chi connectivity index (χ2n) is 6.89. The summed E-state index contributed by atoms with van der Waals surface area (Å²) in [5.74, 6) is -0.316. The molecule has 1 aromatic heterocycles. The molecule has 1 amide bonds. The summed E-state index contributed by atoms with van der Waals surface area (Å²) in [5, 5.41) is 2.88. The van der Waals surface area contributed by atoms with E-state index in [0.29, 0.717) is 24.2 Å². The number of pyridine rings is 1. The molecule has 0 aliphatic carbocycles. The second-order valence-corrected chi connectivity index (χ2v) is 8.80. The SMILES string of the molecule is Cc1ccc(C(=O)NC(C)c2ccccn2)cc1S(=O)(=O)N1CCCCC1. The summed E-state index contributed by atoms with van der Waals surface area (Å²) in [6, 6.07) is 10.1. The molecule has 144 valence electrons. The Kier molecular flexibility index (Phi) is 5.92. The average molecular weight is 388 g/mol. The molecule has 2 aromatic rings. The van der Waals surface area contributed by atoms with Crippen molar-refractivity contribution in [2.75, 3.05) is 13.1 Å². The molecule has 0 spiro atoms. The van der Waals surface area contributed by atoms with Crippen LogP contribution < -0.4 is 5.32 Å². The fourth-order valence-corrected chi connectivity index (χ4v) is 5.02. The number of carbonyl (C=O) groups excluding carboxylic acids is 1. The first kappa shape index (κ1) is 19.5. The van der Waals surface area contributed by atoms with E-state index in [9.17, 15) is 13.2 Å². The molecule has 2 heterocycles. The number of aryl methyl sites for hydroxylation is 1. The first-order valence-electron chi connectivity index (χ1n) is 9.22. The number of hydrogen-bond donors (Lipinski definition) is 1. The van der Waals surface area contributed by atoms with Gasteiger partial charge in [0.05, 0.1) is 16.6 Å². The van der Waals surface area contributed by atoms with Crippen LogP contribution in [0, 0.1) is 6.92 Å². The maximum atomic E-state index is 13.0. The minimum absolute atomic E-state index is 0.211.